The first kappa shape index (κ1) is 12.2. The molecule has 2 rings (SSSR count). The molecule has 0 aromatic carbocycles. The predicted octanol–water partition coefficient (Wildman–Crippen LogP) is 2.43. The minimum atomic E-state index is 0.473. The van der Waals surface area contributed by atoms with Crippen molar-refractivity contribution in [1.29, 1.82) is 0 Å². The van der Waals surface area contributed by atoms with Crippen LogP contribution in [-0.2, 0) is 4.74 Å². The molecule has 1 fully saturated rings. The number of nitrogens with two attached hydrogens (primary N) is 1. The second kappa shape index (κ2) is 6.45. The Kier molecular flexibility index (Phi) is 4.62. The monoisotopic (exact) mass is 235 g/mol. The van der Waals surface area contributed by atoms with Gasteiger partial charge in [0.25, 0.3) is 0 Å². The van der Waals surface area contributed by atoms with Crippen molar-refractivity contribution < 1.29 is 4.74 Å². The topological polar surface area (TPSA) is 60.2 Å². The summed E-state index contributed by atoms with van der Waals surface area (Å²) in [4.78, 5) is 3.95. The Labute approximate surface area is 103 Å². The average molecular weight is 235 g/mol. The number of hydrogen-bond acceptors (Lipinski definition) is 4. The molecule has 3 N–H and O–H groups in total. The van der Waals surface area contributed by atoms with Crippen molar-refractivity contribution in [3.05, 3.63) is 18.5 Å². The summed E-state index contributed by atoms with van der Waals surface area (Å²) >= 11 is 0. The molecule has 1 aliphatic rings. The first-order chi connectivity index (χ1) is 8.36. The second-order valence-corrected chi connectivity index (χ2v) is 4.52. The van der Waals surface area contributed by atoms with E-state index >= 15 is 0 Å². The number of rotatable bonds is 5. The van der Waals surface area contributed by atoms with E-state index in [9.17, 15) is 0 Å². The van der Waals surface area contributed by atoms with Gasteiger partial charge in [-0.25, -0.2) is 0 Å². The zero-order valence-electron chi connectivity index (χ0n) is 10.2. The van der Waals surface area contributed by atoms with E-state index in [0.29, 0.717) is 11.8 Å². The molecule has 0 saturated heterocycles. The van der Waals surface area contributed by atoms with Gasteiger partial charge < -0.3 is 15.8 Å². The lowest BCUT2D eigenvalue weighted by molar-refractivity contribution is 0.0347. The van der Waals surface area contributed by atoms with Crippen LogP contribution in [0.15, 0.2) is 18.5 Å². The van der Waals surface area contributed by atoms with E-state index in [1.807, 2.05) is 6.07 Å². The number of nitrogens with zero attached hydrogens (tertiary/aromatic N) is 1. The van der Waals surface area contributed by atoms with Crippen LogP contribution in [0, 0.1) is 0 Å². The fourth-order valence-electron chi connectivity index (χ4n) is 2.21. The van der Waals surface area contributed by atoms with Gasteiger partial charge in [0.1, 0.15) is 0 Å². The molecule has 94 valence electrons. The van der Waals surface area contributed by atoms with Crippen molar-refractivity contribution in [3.63, 3.8) is 0 Å². The summed E-state index contributed by atoms with van der Waals surface area (Å²) in [6.45, 7) is 1.54. The van der Waals surface area contributed by atoms with E-state index in [0.717, 1.165) is 18.8 Å². The van der Waals surface area contributed by atoms with E-state index in [1.54, 1.807) is 12.4 Å². The lowest BCUT2D eigenvalue weighted by Crippen LogP contribution is -2.20. The van der Waals surface area contributed by atoms with Crippen LogP contribution in [0.5, 0.6) is 0 Å². The highest BCUT2D eigenvalue weighted by Crippen LogP contribution is 2.20. The van der Waals surface area contributed by atoms with Gasteiger partial charge in [-0.2, -0.15) is 0 Å². The summed E-state index contributed by atoms with van der Waals surface area (Å²) in [6, 6.07) is 1.88. The maximum absolute atomic E-state index is 5.83. The molecule has 1 aromatic rings. The van der Waals surface area contributed by atoms with Crippen molar-refractivity contribution in [3.8, 4) is 0 Å². The smallest absolute Gasteiger partial charge is 0.0736 e. The van der Waals surface area contributed by atoms with Crippen molar-refractivity contribution >= 4 is 11.4 Å². The highest BCUT2D eigenvalue weighted by molar-refractivity contribution is 5.64. The molecule has 0 aliphatic heterocycles. The van der Waals surface area contributed by atoms with E-state index in [-0.39, 0.29) is 0 Å². The van der Waals surface area contributed by atoms with Crippen molar-refractivity contribution in [2.24, 2.45) is 0 Å². The van der Waals surface area contributed by atoms with E-state index in [2.05, 4.69) is 10.3 Å². The van der Waals surface area contributed by atoms with Gasteiger partial charge in [0.05, 0.1) is 30.3 Å². The summed E-state index contributed by atoms with van der Waals surface area (Å²) in [6.07, 6.45) is 10.3. The maximum atomic E-state index is 5.83. The Hall–Kier alpha value is -1.29. The maximum Gasteiger partial charge on any atom is 0.0736 e. The third-order valence-electron chi connectivity index (χ3n) is 3.18. The Morgan fingerprint density at radius 2 is 2.18 bits per heavy atom. The van der Waals surface area contributed by atoms with Crippen LogP contribution in [0.3, 0.4) is 0 Å². The SMILES string of the molecule is Nc1cnccc1NCCOC1CCCCC1. The first-order valence-corrected chi connectivity index (χ1v) is 6.41. The summed E-state index contributed by atoms with van der Waals surface area (Å²) in [5, 5.41) is 3.26. The number of anilines is 2. The van der Waals surface area contributed by atoms with Crippen molar-refractivity contribution in [1.82, 2.24) is 4.98 Å². The highest BCUT2D eigenvalue weighted by atomic mass is 16.5. The van der Waals surface area contributed by atoms with Crippen LogP contribution in [0.4, 0.5) is 11.4 Å². The molecule has 0 spiro atoms. The molecule has 1 heterocycles. The highest BCUT2D eigenvalue weighted by Gasteiger charge is 2.12. The van der Waals surface area contributed by atoms with Crippen LogP contribution in [0.2, 0.25) is 0 Å². The molecule has 4 nitrogen and oxygen atoms in total. The molecule has 0 radical (unpaired) electrons. The molecule has 17 heavy (non-hydrogen) atoms. The minimum absolute atomic E-state index is 0.473. The molecule has 0 atom stereocenters. The summed E-state index contributed by atoms with van der Waals surface area (Å²) < 4.78 is 5.83. The molecule has 0 unspecified atom stereocenters. The van der Waals surface area contributed by atoms with Gasteiger partial charge >= 0.3 is 0 Å². The normalized spacial score (nSPS) is 16.9. The molecule has 0 amide bonds. The molecule has 1 aromatic heterocycles. The van der Waals surface area contributed by atoms with Crippen LogP contribution < -0.4 is 11.1 Å². The number of aromatic nitrogens is 1. The number of ether oxygens (including phenoxy) is 1. The summed E-state index contributed by atoms with van der Waals surface area (Å²) in [7, 11) is 0. The van der Waals surface area contributed by atoms with Gasteiger partial charge in [-0.1, -0.05) is 19.3 Å². The molecule has 0 bridgehead atoms. The van der Waals surface area contributed by atoms with Crippen LogP contribution in [0.1, 0.15) is 32.1 Å². The lowest BCUT2D eigenvalue weighted by atomic mass is 9.98. The van der Waals surface area contributed by atoms with E-state index < -0.39 is 0 Å². The number of hydrogen-bond donors (Lipinski definition) is 2. The number of pyridine rings is 1. The Morgan fingerprint density at radius 3 is 2.94 bits per heavy atom. The fraction of sp³-hybridized carbons (Fsp3) is 0.615. The van der Waals surface area contributed by atoms with E-state index in [1.165, 1.54) is 32.1 Å². The average Bonchev–Trinajstić information content (AvgIpc) is 2.38. The zero-order chi connectivity index (χ0) is 11.9. The zero-order valence-corrected chi connectivity index (χ0v) is 10.2. The van der Waals surface area contributed by atoms with Crippen LogP contribution in [0.25, 0.3) is 0 Å². The van der Waals surface area contributed by atoms with E-state index in [4.69, 9.17) is 10.5 Å². The van der Waals surface area contributed by atoms with Gasteiger partial charge in [0, 0.05) is 12.7 Å². The standard InChI is InChI=1S/C13H21N3O/c14-12-10-15-7-6-13(12)16-8-9-17-11-4-2-1-3-5-11/h6-7,10-11H,1-5,8-9,14H2,(H,15,16). The fourth-order valence-corrected chi connectivity index (χ4v) is 2.21. The largest absolute Gasteiger partial charge is 0.396 e. The third-order valence-corrected chi connectivity index (χ3v) is 3.18. The Balaban J connectivity index is 1.64. The minimum Gasteiger partial charge on any atom is -0.396 e. The quantitative estimate of drug-likeness (QED) is 0.769. The van der Waals surface area contributed by atoms with Crippen LogP contribution >= 0.6 is 0 Å². The Morgan fingerprint density at radius 1 is 1.35 bits per heavy atom. The first-order valence-electron chi connectivity index (χ1n) is 6.41. The van der Waals surface area contributed by atoms with Gasteiger partial charge in [-0.15, -0.1) is 0 Å². The van der Waals surface area contributed by atoms with Crippen molar-refractivity contribution in [2.75, 3.05) is 24.2 Å². The number of nitrogens with one attached hydrogen (secondary N) is 1. The van der Waals surface area contributed by atoms with Gasteiger partial charge in [-0.05, 0) is 18.9 Å². The van der Waals surface area contributed by atoms with Gasteiger partial charge in [0.2, 0.25) is 0 Å². The molecule has 4 heteroatoms. The summed E-state index contributed by atoms with van der Waals surface area (Å²) in [5.41, 5.74) is 7.40. The molecule has 1 aliphatic carbocycles. The molecular formula is C13H21N3O. The lowest BCUT2D eigenvalue weighted by Gasteiger charge is -2.22. The Bertz CT molecular complexity index is 337. The van der Waals surface area contributed by atoms with Crippen LogP contribution in [-0.4, -0.2) is 24.2 Å². The molecule has 1 saturated carbocycles. The van der Waals surface area contributed by atoms with Gasteiger partial charge in [-0.3, -0.25) is 4.98 Å². The second-order valence-electron chi connectivity index (χ2n) is 4.52. The predicted molar refractivity (Wildman–Crippen MR) is 70.0 cm³/mol. The van der Waals surface area contributed by atoms with Gasteiger partial charge in [0.15, 0.2) is 0 Å². The number of nitrogen functional groups attached to an aromatic ring is 1. The summed E-state index contributed by atoms with van der Waals surface area (Å²) in [5.74, 6) is 0. The third kappa shape index (κ3) is 3.89. The molecular weight excluding hydrogens is 214 g/mol. The van der Waals surface area contributed by atoms with Crippen molar-refractivity contribution in [2.45, 2.75) is 38.2 Å².